The number of carbonyl (C=O) groups is 1. The molecular weight excluding hydrogens is 521 g/mol. The van der Waals surface area contributed by atoms with Crippen LogP contribution in [0.2, 0.25) is 10.0 Å². The second kappa shape index (κ2) is 11.7. The van der Waals surface area contributed by atoms with Crippen molar-refractivity contribution in [2.75, 3.05) is 7.11 Å². The van der Waals surface area contributed by atoms with Gasteiger partial charge < -0.3 is 9.47 Å². The maximum absolute atomic E-state index is 13.3. The zero-order valence-electron chi connectivity index (χ0n) is 19.6. The summed E-state index contributed by atoms with van der Waals surface area (Å²) < 4.78 is 12.5. The van der Waals surface area contributed by atoms with Crippen LogP contribution in [0.15, 0.2) is 81.4 Å². The van der Waals surface area contributed by atoms with E-state index in [9.17, 15) is 14.4 Å². The van der Waals surface area contributed by atoms with E-state index in [1.807, 2.05) is 0 Å². The largest absolute Gasteiger partial charge is 0.469 e. The number of H-pyrrole nitrogens is 1. The van der Waals surface area contributed by atoms with Gasteiger partial charge in [-0.25, -0.2) is 24.1 Å². The summed E-state index contributed by atoms with van der Waals surface area (Å²) >= 11 is 12.4. The Hall–Kier alpha value is -4.15. The fraction of sp³-hybridized carbons (Fsp3) is 0.160. The summed E-state index contributed by atoms with van der Waals surface area (Å²) in [6.07, 6.45) is 1.44. The van der Waals surface area contributed by atoms with Crippen LogP contribution in [0.4, 0.5) is 5.69 Å². The number of rotatable bonds is 8. The van der Waals surface area contributed by atoms with Gasteiger partial charge in [0.25, 0.3) is 0 Å². The molecule has 2 heterocycles. The van der Waals surface area contributed by atoms with Crippen LogP contribution >= 0.6 is 23.2 Å². The molecule has 0 saturated heterocycles. The second-order valence-electron chi connectivity index (χ2n) is 7.72. The Labute approximate surface area is 220 Å². The molecule has 0 aliphatic rings. The Kier molecular flexibility index (Phi) is 8.22. The predicted molar refractivity (Wildman–Crippen MR) is 137 cm³/mol. The van der Waals surface area contributed by atoms with Crippen molar-refractivity contribution >= 4 is 34.9 Å². The molecule has 10 nitrogen and oxygen atoms in total. The Morgan fingerprint density at radius 3 is 2.51 bits per heavy atom. The highest BCUT2D eigenvalue weighted by Gasteiger charge is 2.12. The number of benzene rings is 2. The standard InChI is InChI=1S/C25H21Cl2N5O5/c1-36-22(33)11-13-31-24(34)30-23(32(25(31)35)15-16-5-7-17(26)8-6-16)29-18-9-10-20(19(27)14-18)37-21-4-2-3-12-28-21/h2-10,12,14H,11,13,15H2,1H3,(H,29,30,34). The lowest BCUT2D eigenvalue weighted by Crippen LogP contribution is -2.50. The number of nitrogens with zero attached hydrogens (tertiary/aromatic N) is 4. The molecule has 0 atom stereocenters. The first-order valence-corrected chi connectivity index (χ1v) is 11.8. The monoisotopic (exact) mass is 541 g/mol. The normalized spacial score (nSPS) is 11.4. The molecule has 0 bridgehead atoms. The second-order valence-corrected chi connectivity index (χ2v) is 8.57. The lowest BCUT2D eigenvalue weighted by Gasteiger charge is -2.11. The van der Waals surface area contributed by atoms with E-state index in [0.29, 0.717) is 22.3 Å². The van der Waals surface area contributed by atoms with Crippen LogP contribution in [0.5, 0.6) is 11.6 Å². The highest BCUT2D eigenvalue weighted by Crippen LogP contribution is 2.31. The molecule has 4 aromatic rings. The first-order chi connectivity index (χ1) is 17.8. The summed E-state index contributed by atoms with van der Waals surface area (Å²) in [4.78, 5) is 48.8. The smallest absolute Gasteiger partial charge is 0.335 e. The van der Waals surface area contributed by atoms with E-state index in [2.05, 4.69) is 19.7 Å². The Morgan fingerprint density at radius 2 is 1.84 bits per heavy atom. The fourth-order valence-electron chi connectivity index (χ4n) is 3.34. The van der Waals surface area contributed by atoms with Crippen LogP contribution in [-0.2, 0) is 22.6 Å². The third-order valence-corrected chi connectivity index (χ3v) is 5.75. The number of carbonyl (C=O) groups excluding carboxylic acids is 1. The molecule has 0 radical (unpaired) electrons. The van der Waals surface area contributed by atoms with E-state index >= 15 is 0 Å². The van der Waals surface area contributed by atoms with Gasteiger partial charge in [0, 0.05) is 23.8 Å². The lowest BCUT2D eigenvalue weighted by molar-refractivity contribution is -0.140. The number of pyridine rings is 1. The van der Waals surface area contributed by atoms with Crippen LogP contribution in [0, 0.1) is 0 Å². The molecule has 1 N–H and O–H groups in total. The van der Waals surface area contributed by atoms with Gasteiger partial charge >= 0.3 is 17.3 Å². The van der Waals surface area contributed by atoms with Crippen molar-refractivity contribution in [1.82, 2.24) is 19.1 Å². The van der Waals surface area contributed by atoms with Gasteiger partial charge in [0.1, 0.15) is 5.75 Å². The number of methoxy groups -OCH3 is 1. The van der Waals surface area contributed by atoms with Crippen molar-refractivity contribution in [3.63, 3.8) is 0 Å². The molecule has 0 fully saturated rings. The summed E-state index contributed by atoms with van der Waals surface area (Å²) in [6, 6.07) is 16.9. The van der Waals surface area contributed by atoms with Crippen molar-refractivity contribution < 1.29 is 14.3 Å². The number of ether oxygens (including phenoxy) is 2. The molecule has 0 amide bonds. The molecular formula is C25H21Cl2N5O5. The summed E-state index contributed by atoms with van der Waals surface area (Å²) in [5, 5.41) is 0.795. The molecule has 0 aliphatic heterocycles. The van der Waals surface area contributed by atoms with Gasteiger partial charge in [-0.2, -0.15) is 0 Å². The zero-order chi connectivity index (χ0) is 26.4. The number of hydrogen-bond donors (Lipinski definition) is 1. The van der Waals surface area contributed by atoms with Gasteiger partial charge in [-0.1, -0.05) is 41.4 Å². The zero-order valence-corrected chi connectivity index (χ0v) is 21.1. The number of halogens is 2. The fourth-order valence-corrected chi connectivity index (χ4v) is 3.68. The average Bonchev–Trinajstić information content (AvgIpc) is 2.89. The number of hydrogen-bond acceptors (Lipinski definition) is 7. The minimum Gasteiger partial charge on any atom is -0.469 e. The van der Waals surface area contributed by atoms with Crippen LogP contribution in [0.1, 0.15) is 12.0 Å². The first kappa shape index (κ1) is 25.9. The summed E-state index contributed by atoms with van der Waals surface area (Å²) in [5.74, 6) is 0.182. The van der Waals surface area contributed by atoms with Crippen molar-refractivity contribution in [3.05, 3.63) is 109 Å². The Bertz CT molecular complexity index is 1600. The average molecular weight is 542 g/mol. The number of aromatic amines is 1. The quantitative estimate of drug-likeness (QED) is 0.339. The van der Waals surface area contributed by atoms with E-state index in [-0.39, 0.29) is 30.2 Å². The minimum absolute atomic E-state index is 0.00581. The van der Waals surface area contributed by atoms with Gasteiger partial charge in [-0.05, 0) is 42.0 Å². The van der Waals surface area contributed by atoms with Crippen molar-refractivity contribution in [3.8, 4) is 11.6 Å². The van der Waals surface area contributed by atoms with Crippen LogP contribution in [-0.4, -0.2) is 32.2 Å². The minimum atomic E-state index is -0.721. The predicted octanol–water partition coefficient (Wildman–Crippen LogP) is 3.68. The number of esters is 1. The lowest BCUT2D eigenvalue weighted by atomic mass is 10.2. The van der Waals surface area contributed by atoms with E-state index in [4.69, 9.17) is 27.9 Å². The van der Waals surface area contributed by atoms with Gasteiger partial charge in [0.05, 0.1) is 30.8 Å². The molecule has 190 valence electrons. The summed E-state index contributed by atoms with van der Waals surface area (Å²) in [5.41, 5.74) is -0.269. The number of nitrogens with one attached hydrogen (secondary N) is 1. The molecule has 37 heavy (non-hydrogen) atoms. The van der Waals surface area contributed by atoms with Gasteiger partial charge in [0.15, 0.2) is 0 Å². The summed E-state index contributed by atoms with van der Waals surface area (Å²) in [6.45, 7) is -0.0778. The Balaban J connectivity index is 1.76. The highest BCUT2D eigenvalue weighted by molar-refractivity contribution is 6.32. The Morgan fingerprint density at radius 1 is 1.05 bits per heavy atom. The molecule has 12 heteroatoms. The highest BCUT2D eigenvalue weighted by atomic mass is 35.5. The first-order valence-electron chi connectivity index (χ1n) is 11.0. The van der Waals surface area contributed by atoms with Gasteiger partial charge in [0.2, 0.25) is 11.5 Å². The van der Waals surface area contributed by atoms with E-state index in [1.54, 1.807) is 60.8 Å². The van der Waals surface area contributed by atoms with E-state index in [0.717, 1.165) is 10.1 Å². The SMILES string of the molecule is COC(=O)CCn1c(=O)[nH]/c(=N\c2ccc(Oc3ccccn3)c(Cl)c2)n(Cc2ccc(Cl)cc2)c1=O. The van der Waals surface area contributed by atoms with Crippen LogP contribution in [0.25, 0.3) is 0 Å². The maximum Gasteiger partial charge on any atom is 0.335 e. The molecule has 0 unspecified atom stereocenters. The maximum atomic E-state index is 13.3. The van der Waals surface area contributed by atoms with Gasteiger partial charge in [-0.3, -0.25) is 14.3 Å². The van der Waals surface area contributed by atoms with Gasteiger partial charge in [-0.15, -0.1) is 0 Å². The molecule has 0 saturated carbocycles. The van der Waals surface area contributed by atoms with Crippen LogP contribution < -0.4 is 21.7 Å². The van der Waals surface area contributed by atoms with Crippen molar-refractivity contribution in [2.45, 2.75) is 19.5 Å². The van der Waals surface area contributed by atoms with Crippen molar-refractivity contribution in [1.29, 1.82) is 0 Å². The summed E-state index contributed by atoms with van der Waals surface area (Å²) in [7, 11) is 1.23. The topological polar surface area (TPSA) is 121 Å². The van der Waals surface area contributed by atoms with Crippen molar-refractivity contribution in [2.24, 2.45) is 4.99 Å². The molecule has 4 rings (SSSR count). The third kappa shape index (κ3) is 6.54. The van der Waals surface area contributed by atoms with E-state index < -0.39 is 17.3 Å². The van der Waals surface area contributed by atoms with E-state index in [1.165, 1.54) is 17.7 Å². The molecule has 0 aliphatic carbocycles. The molecule has 2 aromatic carbocycles. The third-order valence-electron chi connectivity index (χ3n) is 5.21. The number of aromatic nitrogens is 4. The van der Waals surface area contributed by atoms with Crippen LogP contribution in [0.3, 0.4) is 0 Å². The molecule has 0 spiro atoms. The molecule has 2 aromatic heterocycles.